The van der Waals surface area contributed by atoms with Crippen molar-refractivity contribution in [2.75, 3.05) is 26.9 Å². The van der Waals surface area contributed by atoms with Crippen LogP contribution in [0, 0.1) is 5.92 Å². The number of benzene rings is 1. The normalized spacial score (nSPS) is 20.7. The molecule has 1 N–H and O–H groups in total. The lowest BCUT2D eigenvalue weighted by atomic mass is 9.88. The van der Waals surface area contributed by atoms with Crippen LogP contribution in [0.15, 0.2) is 12.1 Å². The molecule has 0 aliphatic carbocycles. The molecule has 1 aliphatic heterocycles. The number of hydrogen-bond acceptors (Lipinski definition) is 3. The van der Waals surface area contributed by atoms with E-state index in [2.05, 4.69) is 12.2 Å². The monoisotopic (exact) mass is 317 g/mol. The van der Waals surface area contributed by atoms with E-state index in [0.29, 0.717) is 21.7 Å². The summed E-state index contributed by atoms with van der Waals surface area (Å²) in [6.45, 7) is 4.58. The van der Waals surface area contributed by atoms with Crippen molar-refractivity contribution in [3.05, 3.63) is 27.7 Å². The van der Waals surface area contributed by atoms with Gasteiger partial charge in [-0.25, -0.2) is 0 Å². The summed E-state index contributed by atoms with van der Waals surface area (Å²) in [7, 11) is 1.59. The highest BCUT2D eigenvalue weighted by atomic mass is 35.5. The Labute approximate surface area is 130 Å². The summed E-state index contributed by atoms with van der Waals surface area (Å²) in [5.41, 5.74) is 1.02. The van der Waals surface area contributed by atoms with E-state index in [1.165, 1.54) is 0 Å². The molecule has 0 aromatic heterocycles. The maximum absolute atomic E-state index is 6.41. The Morgan fingerprint density at radius 3 is 2.80 bits per heavy atom. The first-order valence-corrected chi connectivity index (χ1v) is 7.77. The molecule has 0 saturated carbocycles. The quantitative estimate of drug-likeness (QED) is 0.887. The predicted octanol–water partition coefficient (Wildman–Crippen LogP) is 4.08. The second-order valence-electron chi connectivity index (χ2n) is 5.02. The van der Waals surface area contributed by atoms with Crippen LogP contribution in [-0.2, 0) is 4.74 Å². The van der Waals surface area contributed by atoms with E-state index in [-0.39, 0.29) is 6.04 Å². The van der Waals surface area contributed by atoms with Gasteiger partial charge in [-0.05, 0) is 31.0 Å². The van der Waals surface area contributed by atoms with Crippen molar-refractivity contribution in [3.63, 3.8) is 0 Å². The fourth-order valence-electron chi connectivity index (χ4n) is 2.72. The third-order valence-corrected chi connectivity index (χ3v) is 4.32. The van der Waals surface area contributed by atoms with Crippen LogP contribution < -0.4 is 10.1 Å². The highest BCUT2D eigenvalue weighted by molar-refractivity contribution is 6.34. The summed E-state index contributed by atoms with van der Waals surface area (Å²) in [5.74, 6) is 1.03. The van der Waals surface area contributed by atoms with Gasteiger partial charge in [0.15, 0.2) is 0 Å². The molecule has 0 radical (unpaired) electrons. The molecule has 2 unspecified atom stereocenters. The maximum Gasteiger partial charge on any atom is 0.138 e. The fourth-order valence-corrected chi connectivity index (χ4v) is 3.24. The predicted molar refractivity (Wildman–Crippen MR) is 83.0 cm³/mol. The van der Waals surface area contributed by atoms with Gasteiger partial charge in [0, 0.05) is 29.7 Å². The van der Waals surface area contributed by atoms with Crippen LogP contribution in [0.1, 0.15) is 31.4 Å². The average molecular weight is 318 g/mol. The van der Waals surface area contributed by atoms with Gasteiger partial charge in [0.05, 0.1) is 18.7 Å². The highest BCUT2D eigenvalue weighted by Crippen LogP contribution is 2.38. The van der Waals surface area contributed by atoms with Gasteiger partial charge >= 0.3 is 0 Å². The maximum atomic E-state index is 6.41. The van der Waals surface area contributed by atoms with Crippen molar-refractivity contribution in [1.29, 1.82) is 0 Å². The van der Waals surface area contributed by atoms with E-state index in [9.17, 15) is 0 Å². The Hall–Kier alpha value is -0.480. The molecule has 3 nitrogen and oxygen atoms in total. The molecule has 1 fully saturated rings. The number of hydrogen-bond donors (Lipinski definition) is 1. The zero-order valence-corrected chi connectivity index (χ0v) is 13.4. The van der Waals surface area contributed by atoms with Gasteiger partial charge in [-0.3, -0.25) is 0 Å². The van der Waals surface area contributed by atoms with Gasteiger partial charge in [0.1, 0.15) is 5.75 Å². The molecule has 0 bridgehead atoms. The number of halogens is 2. The molecule has 0 spiro atoms. The van der Waals surface area contributed by atoms with Gasteiger partial charge < -0.3 is 14.8 Å². The minimum atomic E-state index is 0.163. The van der Waals surface area contributed by atoms with Crippen LogP contribution in [0.4, 0.5) is 0 Å². The van der Waals surface area contributed by atoms with E-state index < -0.39 is 0 Å². The van der Waals surface area contributed by atoms with Gasteiger partial charge in [-0.15, -0.1) is 0 Å². The fraction of sp³-hybridized carbons (Fsp3) is 0.600. The van der Waals surface area contributed by atoms with Crippen LogP contribution in [0.5, 0.6) is 5.75 Å². The third-order valence-electron chi connectivity index (χ3n) is 3.70. The minimum absolute atomic E-state index is 0.163. The standard InChI is InChI=1S/C15H21Cl2NO2/c1-3-18-15(10-5-4-6-20-9-10)11-7-13(17)14(19-2)8-12(11)16/h7-8,10,15,18H,3-6,9H2,1-2H3. The Bertz CT molecular complexity index is 448. The minimum Gasteiger partial charge on any atom is -0.495 e. The molecule has 2 rings (SSSR count). The van der Waals surface area contributed by atoms with Crippen molar-refractivity contribution in [3.8, 4) is 5.75 Å². The van der Waals surface area contributed by atoms with E-state index in [1.54, 1.807) is 13.2 Å². The molecule has 5 heteroatoms. The van der Waals surface area contributed by atoms with Crippen LogP contribution in [0.25, 0.3) is 0 Å². The first-order chi connectivity index (χ1) is 9.67. The smallest absolute Gasteiger partial charge is 0.138 e. The van der Waals surface area contributed by atoms with Gasteiger partial charge in [0.2, 0.25) is 0 Å². The number of methoxy groups -OCH3 is 1. The van der Waals surface area contributed by atoms with Crippen molar-refractivity contribution in [1.82, 2.24) is 5.32 Å². The second-order valence-corrected chi connectivity index (χ2v) is 5.84. The van der Waals surface area contributed by atoms with E-state index in [0.717, 1.165) is 38.2 Å². The summed E-state index contributed by atoms with van der Waals surface area (Å²) in [6.07, 6.45) is 2.23. The van der Waals surface area contributed by atoms with Crippen LogP contribution in [0.3, 0.4) is 0 Å². The summed E-state index contributed by atoms with van der Waals surface area (Å²) < 4.78 is 10.8. The summed E-state index contributed by atoms with van der Waals surface area (Å²) in [5, 5.41) is 4.78. The van der Waals surface area contributed by atoms with E-state index >= 15 is 0 Å². The third kappa shape index (κ3) is 3.59. The molecule has 1 aromatic carbocycles. The molecule has 1 heterocycles. The summed E-state index contributed by atoms with van der Waals surface area (Å²) in [6, 6.07) is 3.86. The van der Waals surface area contributed by atoms with Crippen molar-refractivity contribution in [2.24, 2.45) is 5.92 Å². The second kappa shape index (κ2) is 7.51. The lowest BCUT2D eigenvalue weighted by molar-refractivity contribution is 0.0393. The van der Waals surface area contributed by atoms with E-state index in [4.69, 9.17) is 32.7 Å². The van der Waals surface area contributed by atoms with Crippen LogP contribution in [0.2, 0.25) is 10.0 Å². The molecular formula is C15H21Cl2NO2. The Morgan fingerprint density at radius 1 is 1.40 bits per heavy atom. The summed E-state index contributed by atoms with van der Waals surface area (Å²) >= 11 is 12.7. The zero-order chi connectivity index (χ0) is 14.5. The molecule has 1 aromatic rings. The first-order valence-electron chi connectivity index (χ1n) is 7.01. The molecule has 112 valence electrons. The topological polar surface area (TPSA) is 30.5 Å². The SMILES string of the molecule is CCNC(c1cc(Cl)c(OC)cc1Cl)C1CCCOC1. The van der Waals surface area contributed by atoms with Crippen LogP contribution >= 0.6 is 23.2 Å². The highest BCUT2D eigenvalue weighted by Gasteiger charge is 2.27. The molecule has 2 atom stereocenters. The zero-order valence-electron chi connectivity index (χ0n) is 11.9. The number of rotatable bonds is 5. The number of ether oxygens (including phenoxy) is 2. The average Bonchev–Trinajstić information content (AvgIpc) is 2.48. The van der Waals surface area contributed by atoms with Gasteiger partial charge in [0.25, 0.3) is 0 Å². The Balaban J connectivity index is 2.30. The van der Waals surface area contributed by atoms with Crippen molar-refractivity contribution < 1.29 is 9.47 Å². The Kier molecular flexibility index (Phi) is 5.97. The molecule has 0 amide bonds. The lowest BCUT2D eigenvalue weighted by Crippen LogP contribution is -2.33. The molecular weight excluding hydrogens is 297 g/mol. The molecule has 1 saturated heterocycles. The summed E-state index contributed by atoms with van der Waals surface area (Å²) in [4.78, 5) is 0. The van der Waals surface area contributed by atoms with Crippen molar-refractivity contribution >= 4 is 23.2 Å². The van der Waals surface area contributed by atoms with E-state index in [1.807, 2.05) is 6.07 Å². The van der Waals surface area contributed by atoms with Gasteiger partial charge in [-0.2, -0.15) is 0 Å². The number of nitrogens with one attached hydrogen (secondary N) is 1. The van der Waals surface area contributed by atoms with Gasteiger partial charge in [-0.1, -0.05) is 30.1 Å². The lowest BCUT2D eigenvalue weighted by Gasteiger charge is -2.32. The first kappa shape index (κ1) is 15.9. The Morgan fingerprint density at radius 2 is 2.20 bits per heavy atom. The molecule has 1 aliphatic rings. The van der Waals surface area contributed by atoms with Crippen LogP contribution in [-0.4, -0.2) is 26.9 Å². The van der Waals surface area contributed by atoms with Crippen molar-refractivity contribution in [2.45, 2.75) is 25.8 Å². The largest absolute Gasteiger partial charge is 0.495 e. The molecule has 20 heavy (non-hydrogen) atoms.